The van der Waals surface area contributed by atoms with Crippen molar-refractivity contribution in [1.82, 2.24) is 4.90 Å². The van der Waals surface area contributed by atoms with Crippen LogP contribution in [0, 0.1) is 5.41 Å². The van der Waals surface area contributed by atoms with E-state index < -0.39 is 11.4 Å². The first-order valence-electron chi connectivity index (χ1n) is 5.45. The molecule has 0 atom stereocenters. The molecular weight excluding hydrogens is 178 g/mol. The summed E-state index contributed by atoms with van der Waals surface area (Å²) in [6, 6.07) is 0.740. The molecule has 3 nitrogen and oxygen atoms in total. The third-order valence-electron chi connectivity index (χ3n) is 3.07. The minimum Gasteiger partial charge on any atom is -0.481 e. The van der Waals surface area contributed by atoms with Crippen LogP contribution in [0.25, 0.3) is 0 Å². The van der Waals surface area contributed by atoms with Crippen LogP contribution >= 0.6 is 0 Å². The molecule has 0 radical (unpaired) electrons. The molecule has 1 aliphatic carbocycles. The van der Waals surface area contributed by atoms with E-state index in [1.165, 1.54) is 12.8 Å². The topological polar surface area (TPSA) is 40.5 Å². The summed E-state index contributed by atoms with van der Waals surface area (Å²) in [6.07, 6.45) is 3.33. The van der Waals surface area contributed by atoms with E-state index in [2.05, 4.69) is 11.8 Å². The molecule has 0 unspecified atom stereocenters. The maximum atomic E-state index is 10.9. The van der Waals surface area contributed by atoms with Crippen molar-refractivity contribution in [3.63, 3.8) is 0 Å². The van der Waals surface area contributed by atoms with Crippen LogP contribution < -0.4 is 0 Å². The Labute approximate surface area is 86.1 Å². The number of nitrogens with zero attached hydrogens (tertiary/aromatic N) is 1. The van der Waals surface area contributed by atoms with Crippen LogP contribution in [0.3, 0.4) is 0 Å². The normalized spacial score (nSPS) is 17.4. The fourth-order valence-electron chi connectivity index (χ4n) is 1.57. The Kier molecular flexibility index (Phi) is 3.53. The fourth-order valence-corrected chi connectivity index (χ4v) is 1.57. The molecule has 3 heteroatoms. The van der Waals surface area contributed by atoms with E-state index in [0.717, 1.165) is 25.6 Å². The van der Waals surface area contributed by atoms with Gasteiger partial charge in [0.1, 0.15) is 0 Å². The van der Waals surface area contributed by atoms with Gasteiger partial charge in [0.15, 0.2) is 0 Å². The molecule has 0 aliphatic heterocycles. The molecular formula is C11H21NO2. The Balaban J connectivity index is 2.33. The lowest BCUT2D eigenvalue weighted by atomic mass is 9.89. The molecule has 1 fully saturated rings. The largest absolute Gasteiger partial charge is 0.481 e. The van der Waals surface area contributed by atoms with Crippen molar-refractivity contribution in [3.05, 3.63) is 0 Å². The van der Waals surface area contributed by atoms with E-state index >= 15 is 0 Å². The highest BCUT2D eigenvalue weighted by Gasteiger charge is 2.31. The number of aliphatic carboxylic acids is 1. The van der Waals surface area contributed by atoms with Gasteiger partial charge >= 0.3 is 5.97 Å². The van der Waals surface area contributed by atoms with Crippen LogP contribution in [0.15, 0.2) is 0 Å². The van der Waals surface area contributed by atoms with E-state index in [4.69, 9.17) is 5.11 Å². The number of carboxylic acid groups (broad SMARTS) is 1. The van der Waals surface area contributed by atoms with E-state index in [0.29, 0.717) is 0 Å². The molecule has 0 amide bonds. The SMILES string of the molecule is CCN(CCC(C)(C)C(=O)O)C1CC1. The van der Waals surface area contributed by atoms with Crippen molar-refractivity contribution in [2.45, 2.75) is 46.1 Å². The second-order valence-corrected chi connectivity index (χ2v) is 4.80. The summed E-state index contributed by atoms with van der Waals surface area (Å²) in [5.41, 5.74) is -0.581. The maximum Gasteiger partial charge on any atom is 0.309 e. The Morgan fingerprint density at radius 2 is 2.07 bits per heavy atom. The minimum atomic E-state index is -0.690. The molecule has 1 N–H and O–H groups in total. The number of rotatable bonds is 6. The zero-order chi connectivity index (χ0) is 10.8. The summed E-state index contributed by atoms with van der Waals surface area (Å²) in [7, 11) is 0. The van der Waals surface area contributed by atoms with E-state index in [1.54, 1.807) is 13.8 Å². The minimum absolute atomic E-state index is 0.581. The first-order valence-corrected chi connectivity index (χ1v) is 5.45. The van der Waals surface area contributed by atoms with E-state index in [1.807, 2.05) is 0 Å². The second-order valence-electron chi connectivity index (χ2n) is 4.80. The molecule has 0 aromatic carbocycles. The summed E-state index contributed by atoms with van der Waals surface area (Å²) >= 11 is 0. The Morgan fingerprint density at radius 1 is 1.50 bits per heavy atom. The highest BCUT2D eigenvalue weighted by Crippen LogP contribution is 2.29. The third-order valence-corrected chi connectivity index (χ3v) is 3.07. The van der Waals surface area contributed by atoms with Gasteiger partial charge in [-0.2, -0.15) is 0 Å². The lowest BCUT2D eigenvalue weighted by Gasteiger charge is -2.25. The van der Waals surface area contributed by atoms with Gasteiger partial charge in [-0.3, -0.25) is 4.79 Å². The van der Waals surface area contributed by atoms with Crippen molar-refractivity contribution in [1.29, 1.82) is 0 Å². The van der Waals surface area contributed by atoms with Crippen LogP contribution in [0.4, 0.5) is 0 Å². The van der Waals surface area contributed by atoms with Crippen LogP contribution in [0.1, 0.15) is 40.0 Å². The predicted octanol–water partition coefficient (Wildman–Crippen LogP) is 1.97. The lowest BCUT2D eigenvalue weighted by molar-refractivity contribution is -0.147. The Morgan fingerprint density at radius 3 is 2.43 bits per heavy atom. The summed E-state index contributed by atoms with van der Waals surface area (Å²) in [5, 5.41) is 8.96. The van der Waals surface area contributed by atoms with Crippen molar-refractivity contribution in [2.24, 2.45) is 5.41 Å². The zero-order valence-corrected chi connectivity index (χ0v) is 9.42. The lowest BCUT2D eigenvalue weighted by Crippen LogP contribution is -2.33. The molecule has 1 saturated carbocycles. The van der Waals surface area contributed by atoms with E-state index in [-0.39, 0.29) is 0 Å². The third kappa shape index (κ3) is 2.98. The molecule has 0 aromatic heterocycles. The van der Waals surface area contributed by atoms with Crippen LogP contribution in [0.2, 0.25) is 0 Å². The van der Waals surface area contributed by atoms with Crippen molar-refractivity contribution >= 4 is 5.97 Å². The number of carboxylic acids is 1. The molecule has 0 heterocycles. The predicted molar refractivity (Wildman–Crippen MR) is 56.3 cm³/mol. The van der Waals surface area contributed by atoms with Crippen molar-refractivity contribution < 1.29 is 9.90 Å². The molecule has 0 bridgehead atoms. The maximum absolute atomic E-state index is 10.9. The van der Waals surface area contributed by atoms with Crippen molar-refractivity contribution in [3.8, 4) is 0 Å². The van der Waals surface area contributed by atoms with Crippen LogP contribution in [-0.4, -0.2) is 35.1 Å². The molecule has 82 valence electrons. The number of hydrogen-bond acceptors (Lipinski definition) is 2. The van der Waals surface area contributed by atoms with E-state index in [9.17, 15) is 4.79 Å². The van der Waals surface area contributed by atoms with Gasteiger partial charge in [0.25, 0.3) is 0 Å². The van der Waals surface area contributed by atoms with Crippen LogP contribution in [0.5, 0.6) is 0 Å². The van der Waals surface area contributed by atoms with Gasteiger partial charge in [0.05, 0.1) is 5.41 Å². The van der Waals surface area contributed by atoms with Gasteiger partial charge in [0, 0.05) is 6.04 Å². The first-order chi connectivity index (χ1) is 6.47. The van der Waals surface area contributed by atoms with Gasteiger partial charge < -0.3 is 10.0 Å². The molecule has 1 rings (SSSR count). The highest BCUT2D eigenvalue weighted by molar-refractivity contribution is 5.73. The molecule has 0 aromatic rings. The summed E-state index contributed by atoms with van der Waals surface area (Å²) in [4.78, 5) is 13.3. The Hall–Kier alpha value is -0.570. The fraction of sp³-hybridized carbons (Fsp3) is 0.909. The average molecular weight is 199 g/mol. The monoisotopic (exact) mass is 199 g/mol. The summed E-state index contributed by atoms with van der Waals surface area (Å²) < 4.78 is 0. The van der Waals surface area contributed by atoms with Gasteiger partial charge in [0.2, 0.25) is 0 Å². The number of hydrogen-bond donors (Lipinski definition) is 1. The number of carbonyl (C=O) groups is 1. The average Bonchev–Trinajstić information content (AvgIpc) is 2.89. The summed E-state index contributed by atoms with van der Waals surface area (Å²) in [6.45, 7) is 7.71. The second kappa shape index (κ2) is 4.30. The quantitative estimate of drug-likeness (QED) is 0.711. The summed E-state index contributed by atoms with van der Waals surface area (Å²) in [5.74, 6) is -0.690. The van der Waals surface area contributed by atoms with Gasteiger partial charge in [-0.1, -0.05) is 6.92 Å². The zero-order valence-electron chi connectivity index (χ0n) is 9.42. The smallest absolute Gasteiger partial charge is 0.309 e. The molecule has 0 spiro atoms. The van der Waals surface area contributed by atoms with Crippen molar-refractivity contribution in [2.75, 3.05) is 13.1 Å². The van der Waals surface area contributed by atoms with Gasteiger partial charge in [-0.05, 0) is 46.2 Å². The highest BCUT2D eigenvalue weighted by atomic mass is 16.4. The molecule has 0 saturated heterocycles. The molecule has 1 aliphatic rings. The van der Waals surface area contributed by atoms with Gasteiger partial charge in [-0.25, -0.2) is 0 Å². The Bertz CT molecular complexity index is 209. The van der Waals surface area contributed by atoms with Crippen LogP contribution in [-0.2, 0) is 4.79 Å². The first kappa shape index (κ1) is 11.5. The standard InChI is InChI=1S/C11H21NO2/c1-4-12(9-5-6-9)8-7-11(2,3)10(13)14/h9H,4-8H2,1-3H3,(H,13,14). The van der Waals surface area contributed by atoms with Gasteiger partial charge in [-0.15, -0.1) is 0 Å². The molecule has 14 heavy (non-hydrogen) atoms.